The van der Waals surface area contributed by atoms with Gasteiger partial charge in [-0.05, 0) is 49.4 Å². The quantitative estimate of drug-likeness (QED) is 0.234. The first-order valence-corrected chi connectivity index (χ1v) is 10.8. The number of likely N-dealkylation sites (tertiary alicyclic amines) is 1. The van der Waals surface area contributed by atoms with Crippen LogP contribution >= 0.6 is 24.0 Å². The molecular weight excluding hydrogens is 510 g/mol. The van der Waals surface area contributed by atoms with Crippen molar-refractivity contribution in [3.05, 3.63) is 35.8 Å². The Morgan fingerprint density at radius 3 is 2.74 bits per heavy atom. The number of rotatable bonds is 8. The van der Waals surface area contributed by atoms with Gasteiger partial charge in [-0.3, -0.25) is 14.7 Å². The fourth-order valence-electron chi connectivity index (χ4n) is 3.82. The minimum absolute atomic E-state index is 0. The third-order valence-corrected chi connectivity index (χ3v) is 5.51. The number of nitrogens with one attached hydrogen (secondary N) is 4. The molecule has 0 atom stereocenters. The number of hydrogen-bond acceptors (Lipinski definition) is 3. The summed E-state index contributed by atoms with van der Waals surface area (Å²) < 4.78 is 13.5. The van der Waals surface area contributed by atoms with Crippen molar-refractivity contribution < 1.29 is 9.18 Å². The second-order valence-corrected chi connectivity index (χ2v) is 7.80. The van der Waals surface area contributed by atoms with E-state index in [-0.39, 0.29) is 35.7 Å². The summed E-state index contributed by atoms with van der Waals surface area (Å²) in [6.07, 6.45) is 5.62. The Bertz CT molecular complexity index is 863. The van der Waals surface area contributed by atoms with Crippen LogP contribution in [0.1, 0.15) is 31.7 Å². The molecule has 31 heavy (non-hydrogen) atoms. The first kappa shape index (κ1) is 25.4. The van der Waals surface area contributed by atoms with E-state index in [0.29, 0.717) is 19.1 Å². The molecular formula is C22H34FIN6O. The molecule has 1 saturated heterocycles. The van der Waals surface area contributed by atoms with Crippen molar-refractivity contribution in [1.29, 1.82) is 0 Å². The van der Waals surface area contributed by atoms with Crippen molar-refractivity contribution in [2.45, 2.75) is 38.6 Å². The number of benzene rings is 1. The van der Waals surface area contributed by atoms with Crippen molar-refractivity contribution in [2.24, 2.45) is 4.99 Å². The lowest BCUT2D eigenvalue weighted by Gasteiger charge is -2.32. The molecule has 1 aliphatic heterocycles. The average molecular weight is 544 g/mol. The van der Waals surface area contributed by atoms with Gasteiger partial charge in [-0.2, -0.15) is 0 Å². The molecule has 1 aliphatic rings. The highest BCUT2D eigenvalue weighted by Gasteiger charge is 2.21. The van der Waals surface area contributed by atoms with Crippen LogP contribution in [-0.2, 0) is 11.2 Å². The van der Waals surface area contributed by atoms with E-state index < -0.39 is 0 Å². The minimum atomic E-state index is -0.219. The lowest BCUT2D eigenvalue weighted by Crippen LogP contribution is -2.50. The molecule has 1 fully saturated rings. The van der Waals surface area contributed by atoms with Crippen LogP contribution < -0.4 is 16.0 Å². The van der Waals surface area contributed by atoms with Gasteiger partial charge in [0.05, 0.1) is 6.54 Å². The second kappa shape index (κ2) is 12.8. The van der Waals surface area contributed by atoms with E-state index >= 15 is 0 Å². The number of amides is 1. The summed E-state index contributed by atoms with van der Waals surface area (Å²) in [7, 11) is 1.77. The molecule has 3 rings (SSSR count). The number of aromatic amines is 1. The number of H-pyrrole nitrogens is 1. The van der Waals surface area contributed by atoms with Crippen LogP contribution in [0.5, 0.6) is 0 Å². The zero-order valence-electron chi connectivity index (χ0n) is 18.3. The number of nitrogens with zero attached hydrogens (tertiary/aromatic N) is 2. The van der Waals surface area contributed by atoms with Crippen LogP contribution in [0, 0.1) is 5.82 Å². The lowest BCUT2D eigenvalue weighted by molar-refractivity contribution is -0.122. The van der Waals surface area contributed by atoms with Crippen LogP contribution in [0.3, 0.4) is 0 Å². The standard InChI is InChI=1S/C22H33FN6O.HI/c1-3-9-25-21(30)15-29-11-7-18(8-12-29)28-22(24-2)26-10-6-16-14-27-20-5-4-17(23)13-19(16)20;/h4-5,13-14,18,27H,3,6-12,15H2,1-2H3,(H,25,30)(H2,24,26,28);1H. The van der Waals surface area contributed by atoms with Gasteiger partial charge in [0.15, 0.2) is 5.96 Å². The number of aromatic nitrogens is 1. The monoisotopic (exact) mass is 544 g/mol. The van der Waals surface area contributed by atoms with Gasteiger partial charge in [-0.1, -0.05) is 6.92 Å². The number of hydrogen-bond donors (Lipinski definition) is 4. The van der Waals surface area contributed by atoms with Crippen molar-refractivity contribution in [3.63, 3.8) is 0 Å². The topological polar surface area (TPSA) is 84.6 Å². The van der Waals surface area contributed by atoms with E-state index in [1.54, 1.807) is 19.2 Å². The Morgan fingerprint density at radius 2 is 2.03 bits per heavy atom. The fraction of sp³-hybridized carbons (Fsp3) is 0.545. The SMILES string of the molecule is CCCNC(=O)CN1CCC(NC(=NC)NCCc2c[nH]c3ccc(F)cc23)CC1.I. The van der Waals surface area contributed by atoms with Gasteiger partial charge in [0.1, 0.15) is 5.82 Å². The maximum atomic E-state index is 13.5. The molecule has 1 aromatic carbocycles. The molecule has 0 saturated carbocycles. The molecule has 4 N–H and O–H groups in total. The Hall–Kier alpha value is -1.88. The van der Waals surface area contributed by atoms with Gasteiger partial charge < -0.3 is 20.9 Å². The zero-order chi connectivity index (χ0) is 21.3. The molecule has 0 radical (unpaired) electrons. The smallest absolute Gasteiger partial charge is 0.234 e. The summed E-state index contributed by atoms with van der Waals surface area (Å²) in [5.41, 5.74) is 2.03. The predicted octanol–water partition coefficient (Wildman–Crippen LogP) is 2.62. The molecule has 172 valence electrons. The maximum absolute atomic E-state index is 13.5. The van der Waals surface area contributed by atoms with Crippen LogP contribution in [0.15, 0.2) is 29.4 Å². The molecule has 1 aromatic heterocycles. The van der Waals surface area contributed by atoms with Gasteiger partial charge in [0.25, 0.3) is 0 Å². The lowest BCUT2D eigenvalue weighted by atomic mass is 10.1. The zero-order valence-corrected chi connectivity index (χ0v) is 20.7. The van der Waals surface area contributed by atoms with E-state index in [1.807, 2.05) is 6.20 Å². The number of halogens is 2. The van der Waals surface area contributed by atoms with Crippen LogP contribution in [-0.4, -0.2) is 67.6 Å². The van der Waals surface area contributed by atoms with Gasteiger partial charge in [0, 0.05) is 56.4 Å². The Kier molecular flexibility index (Phi) is 10.5. The molecule has 0 aliphatic carbocycles. The summed E-state index contributed by atoms with van der Waals surface area (Å²) in [6.45, 7) is 5.78. The Morgan fingerprint density at radius 1 is 1.26 bits per heavy atom. The Balaban J connectivity index is 0.00000341. The van der Waals surface area contributed by atoms with E-state index in [4.69, 9.17) is 0 Å². The number of carbonyl (C=O) groups is 1. The first-order valence-electron chi connectivity index (χ1n) is 10.8. The highest BCUT2D eigenvalue weighted by Crippen LogP contribution is 2.19. The Labute approximate surface area is 200 Å². The molecule has 7 nitrogen and oxygen atoms in total. The molecule has 1 amide bonds. The largest absolute Gasteiger partial charge is 0.361 e. The van der Waals surface area contributed by atoms with Crippen LogP contribution in [0.2, 0.25) is 0 Å². The van der Waals surface area contributed by atoms with Gasteiger partial charge >= 0.3 is 0 Å². The van der Waals surface area contributed by atoms with Crippen molar-refractivity contribution >= 4 is 46.7 Å². The van der Waals surface area contributed by atoms with Gasteiger partial charge in [0.2, 0.25) is 5.91 Å². The average Bonchev–Trinajstić information content (AvgIpc) is 3.14. The molecule has 0 bridgehead atoms. The maximum Gasteiger partial charge on any atom is 0.234 e. The molecule has 2 heterocycles. The normalized spacial score (nSPS) is 15.5. The van der Waals surface area contributed by atoms with Crippen molar-refractivity contribution in [1.82, 2.24) is 25.8 Å². The van der Waals surface area contributed by atoms with Crippen LogP contribution in [0.4, 0.5) is 4.39 Å². The van der Waals surface area contributed by atoms with Gasteiger partial charge in [-0.25, -0.2) is 4.39 Å². The molecule has 2 aromatic rings. The third-order valence-electron chi connectivity index (χ3n) is 5.51. The summed E-state index contributed by atoms with van der Waals surface area (Å²) in [5, 5.41) is 10.7. The third kappa shape index (κ3) is 7.64. The van der Waals surface area contributed by atoms with Gasteiger partial charge in [-0.15, -0.1) is 24.0 Å². The van der Waals surface area contributed by atoms with E-state index in [2.05, 4.69) is 37.8 Å². The highest BCUT2D eigenvalue weighted by molar-refractivity contribution is 14.0. The first-order chi connectivity index (χ1) is 14.6. The molecule has 9 heteroatoms. The summed E-state index contributed by atoms with van der Waals surface area (Å²) in [6, 6.07) is 5.15. The minimum Gasteiger partial charge on any atom is -0.361 e. The molecule has 0 unspecified atom stereocenters. The van der Waals surface area contributed by atoms with Crippen molar-refractivity contribution in [2.75, 3.05) is 39.8 Å². The fourth-order valence-corrected chi connectivity index (χ4v) is 3.82. The van der Waals surface area contributed by atoms with Crippen LogP contribution in [0.25, 0.3) is 10.9 Å². The van der Waals surface area contributed by atoms with E-state index in [1.165, 1.54) is 6.07 Å². The van der Waals surface area contributed by atoms with Crippen molar-refractivity contribution in [3.8, 4) is 0 Å². The number of piperidine rings is 1. The van der Waals surface area contributed by atoms with E-state index in [0.717, 1.165) is 67.7 Å². The summed E-state index contributed by atoms with van der Waals surface area (Å²) in [4.78, 5) is 21.6. The summed E-state index contributed by atoms with van der Waals surface area (Å²) in [5.74, 6) is 0.668. The number of aliphatic imine (C=N–C) groups is 1. The number of guanidine groups is 1. The molecule has 0 spiro atoms. The number of carbonyl (C=O) groups excluding carboxylic acids is 1. The predicted molar refractivity (Wildman–Crippen MR) is 135 cm³/mol. The summed E-state index contributed by atoms with van der Waals surface area (Å²) >= 11 is 0. The van der Waals surface area contributed by atoms with E-state index in [9.17, 15) is 9.18 Å². The number of fused-ring (bicyclic) bond motifs is 1. The highest BCUT2D eigenvalue weighted by atomic mass is 127. The second-order valence-electron chi connectivity index (χ2n) is 7.80.